The summed E-state index contributed by atoms with van der Waals surface area (Å²) in [7, 11) is 0. The molecule has 1 atom stereocenters. The van der Waals surface area contributed by atoms with Crippen LogP contribution in [0.2, 0.25) is 5.02 Å². The molecule has 0 bridgehead atoms. The number of hydrogen-bond donors (Lipinski definition) is 0. The van der Waals surface area contributed by atoms with E-state index in [0.717, 1.165) is 12.3 Å². The molecule has 0 radical (unpaired) electrons. The van der Waals surface area contributed by atoms with Crippen LogP contribution in [0.15, 0.2) is 40.2 Å². The summed E-state index contributed by atoms with van der Waals surface area (Å²) in [5.41, 5.74) is -2.60. The van der Waals surface area contributed by atoms with E-state index >= 15 is 0 Å². The molecule has 1 aliphatic heterocycles. The molecule has 3 nitrogen and oxygen atoms in total. The molecule has 0 amide bonds. The number of hydrogen-bond acceptors (Lipinski definition) is 3. The van der Waals surface area contributed by atoms with Crippen LogP contribution in [0, 0.1) is 0 Å². The molecular weight excluding hydrogens is 281 g/mol. The van der Waals surface area contributed by atoms with Crippen LogP contribution < -0.4 is 0 Å². The highest BCUT2D eigenvalue weighted by Crippen LogP contribution is 2.50. The average molecular weight is 289 g/mol. The van der Waals surface area contributed by atoms with Crippen LogP contribution in [0.4, 0.5) is 13.2 Å². The number of alkyl halides is 3. The Hall–Kier alpha value is -1.69. The number of nitrogens with zero attached hydrogens (tertiary/aromatic N) is 2. The minimum absolute atomic E-state index is 0.0464. The van der Waals surface area contributed by atoms with Gasteiger partial charge in [0.1, 0.15) is 0 Å². The molecule has 1 heterocycles. The van der Waals surface area contributed by atoms with Crippen LogP contribution >= 0.6 is 11.6 Å². The molecular formula is C12H8ClF3N2O. The molecule has 1 aromatic rings. The Kier molecular flexibility index (Phi) is 3.22. The van der Waals surface area contributed by atoms with E-state index in [0.29, 0.717) is 6.29 Å². The van der Waals surface area contributed by atoms with Gasteiger partial charge in [-0.05, 0) is 30.2 Å². The zero-order valence-electron chi connectivity index (χ0n) is 9.70. The lowest BCUT2D eigenvalue weighted by molar-refractivity contribution is -0.177. The van der Waals surface area contributed by atoms with Crippen LogP contribution in [0.1, 0.15) is 22.8 Å². The number of rotatable bonds is 2. The summed E-state index contributed by atoms with van der Waals surface area (Å²) in [6.45, 7) is 1.30. The average Bonchev–Trinajstić information content (AvgIpc) is 2.71. The number of benzene rings is 1. The normalized spacial score (nSPS) is 22.5. The first kappa shape index (κ1) is 13.7. The molecule has 0 N–H and O–H groups in total. The third-order valence-corrected chi connectivity index (χ3v) is 3.31. The van der Waals surface area contributed by atoms with E-state index in [1.54, 1.807) is 0 Å². The Morgan fingerprint density at radius 1 is 1.37 bits per heavy atom. The number of carbonyl (C=O) groups is 1. The van der Waals surface area contributed by atoms with Crippen molar-refractivity contribution >= 4 is 17.9 Å². The minimum Gasteiger partial charge on any atom is -0.298 e. The van der Waals surface area contributed by atoms with Crippen molar-refractivity contribution in [1.82, 2.24) is 0 Å². The Labute approximate surface area is 111 Å². The Balaban J connectivity index is 2.65. The van der Waals surface area contributed by atoms with Crippen LogP contribution in [-0.2, 0) is 5.54 Å². The van der Waals surface area contributed by atoms with Crippen molar-refractivity contribution in [3.63, 3.8) is 0 Å². The highest BCUT2D eigenvalue weighted by Gasteiger charge is 2.59. The molecule has 0 saturated carbocycles. The number of carbonyl (C=O) groups excluding carboxylic acids is 1. The highest BCUT2D eigenvalue weighted by molar-refractivity contribution is 6.33. The third kappa shape index (κ3) is 1.96. The molecule has 0 aliphatic carbocycles. The highest BCUT2D eigenvalue weighted by atomic mass is 35.5. The van der Waals surface area contributed by atoms with E-state index in [2.05, 4.69) is 10.2 Å². The molecule has 2 rings (SSSR count). The molecule has 0 saturated heterocycles. The van der Waals surface area contributed by atoms with Crippen molar-refractivity contribution in [3.8, 4) is 0 Å². The summed E-state index contributed by atoms with van der Waals surface area (Å²) < 4.78 is 40.1. The Morgan fingerprint density at radius 2 is 2.05 bits per heavy atom. The minimum atomic E-state index is -4.64. The van der Waals surface area contributed by atoms with E-state index in [1.807, 2.05) is 0 Å². The second-order valence-electron chi connectivity index (χ2n) is 4.09. The molecule has 0 fully saturated rings. The first-order chi connectivity index (χ1) is 8.83. The van der Waals surface area contributed by atoms with Crippen molar-refractivity contribution in [1.29, 1.82) is 0 Å². The summed E-state index contributed by atoms with van der Waals surface area (Å²) in [4.78, 5) is 10.6. The Bertz CT molecular complexity index is 595. The van der Waals surface area contributed by atoms with Gasteiger partial charge in [0.2, 0.25) is 5.54 Å². The van der Waals surface area contributed by atoms with Crippen molar-refractivity contribution in [2.75, 3.05) is 0 Å². The summed E-state index contributed by atoms with van der Waals surface area (Å²) in [5, 5.41) is 6.66. The van der Waals surface area contributed by atoms with Gasteiger partial charge in [0.05, 0.1) is 11.2 Å². The summed E-state index contributed by atoms with van der Waals surface area (Å²) >= 11 is 5.78. The van der Waals surface area contributed by atoms with Gasteiger partial charge >= 0.3 is 6.18 Å². The van der Waals surface area contributed by atoms with Crippen LogP contribution in [0.5, 0.6) is 0 Å². The van der Waals surface area contributed by atoms with Gasteiger partial charge in [-0.1, -0.05) is 17.7 Å². The second-order valence-corrected chi connectivity index (χ2v) is 4.50. The van der Waals surface area contributed by atoms with Crippen molar-refractivity contribution in [2.45, 2.75) is 18.6 Å². The third-order valence-electron chi connectivity index (χ3n) is 2.99. The van der Waals surface area contributed by atoms with Gasteiger partial charge in [0.15, 0.2) is 6.29 Å². The summed E-state index contributed by atoms with van der Waals surface area (Å²) in [5.74, 6) is 0. The fourth-order valence-corrected chi connectivity index (χ4v) is 2.18. The maximum absolute atomic E-state index is 13.4. The van der Waals surface area contributed by atoms with Crippen LogP contribution in [-0.4, -0.2) is 12.5 Å². The van der Waals surface area contributed by atoms with E-state index in [9.17, 15) is 18.0 Å². The molecule has 0 spiro atoms. The predicted octanol–water partition coefficient (Wildman–Crippen LogP) is 4.28. The van der Waals surface area contributed by atoms with E-state index in [1.165, 1.54) is 19.1 Å². The first-order valence-electron chi connectivity index (χ1n) is 5.24. The van der Waals surface area contributed by atoms with E-state index in [-0.39, 0.29) is 21.7 Å². The van der Waals surface area contributed by atoms with E-state index in [4.69, 9.17) is 11.6 Å². The number of azo groups is 1. The maximum Gasteiger partial charge on any atom is 0.423 e. The van der Waals surface area contributed by atoms with Crippen LogP contribution in [0.3, 0.4) is 0 Å². The Morgan fingerprint density at radius 3 is 2.47 bits per heavy atom. The zero-order valence-corrected chi connectivity index (χ0v) is 10.5. The number of aldehydes is 1. The smallest absolute Gasteiger partial charge is 0.298 e. The van der Waals surface area contributed by atoms with Crippen molar-refractivity contribution in [2.24, 2.45) is 10.2 Å². The van der Waals surface area contributed by atoms with Crippen molar-refractivity contribution in [3.05, 3.63) is 46.1 Å². The van der Waals surface area contributed by atoms with Gasteiger partial charge in [-0.15, -0.1) is 0 Å². The zero-order chi connectivity index (χ0) is 14.3. The SMILES string of the molecule is CC1=CN=NC1(c1ccc(C=O)c(Cl)c1)C(F)(F)F. The summed E-state index contributed by atoms with van der Waals surface area (Å²) in [6.07, 6.45) is -3.10. The topological polar surface area (TPSA) is 41.8 Å². The molecule has 1 aromatic carbocycles. The lowest BCUT2D eigenvalue weighted by Gasteiger charge is -2.29. The molecule has 19 heavy (non-hydrogen) atoms. The van der Waals surface area contributed by atoms with Crippen LogP contribution in [0.25, 0.3) is 0 Å². The fourth-order valence-electron chi connectivity index (χ4n) is 1.95. The predicted molar refractivity (Wildman–Crippen MR) is 63.2 cm³/mol. The maximum atomic E-state index is 13.4. The van der Waals surface area contributed by atoms with E-state index < -0.39 is 11.7 Å². The lowest BCUT2D eigenvalue weighted by atomic mass is 9.84. The molecule has 100 valence electrons. The van der Waals surface area contributed by atoms with Gasteiger partial charge in [-0.25, -0.2) is 0 Å². The summed E-state index contributed by atoms with van der Waals surface area (Å²) in [6, 6.07) is 3.52. The monoisotopic (exact) mass is 288 g/mol. The lowest BCUT2D eigenvalue weighted by Crippen LogP contribution is -2.40. The molecule has 0 aromatic heterocycles. The molecule has 1 aliphatic rings. The second kappa shape index (κ2) is 4.45. The van der Waals surface area contributed by atoms with Gasteiger partial charge < -0.3 is 0 Å². The molecule has 1 unspecified atom stereocenters. The fraction of sp³-hybridized carbons (Fsp3) is 0.250. The van der Waals surface area contributed by atoms with Gasteiger partial charge in [-0.3, -0.25) is 4.79 Å². The standard InChI is InChI=1S/C12H8ClF3N2O/c1-7-5-17-18-11(7,12(14,15)16)9-3-2-8(6-19)10(13)4-9/h2-6H,1H3. The van der Waals surface area contributed by atoms with Gasteiger partial charge in [0.25, 0.3) is 0 Å². The first-order valence-corrected chi connectivity index (χ1v) is 5.62. The van der Waals surface area contributed by atoms with Gasteiger partial charge in [-0.2, -0.15) is 23.4 Å². The quantitative estimate of drug-likeness (QED) is 0.749. The van der Waals surface area contributed by atoms with Gasteiger partial charge in [0, 0.05) is 5.56 Å². The number of halogens is 4. The molecule has 7 heteroatoms. The largest absolute Gasteiger partial charge is 0.423 e. The van der Waals surface area contributed by atoms with Crippen molar-refractivity contribution < 1.29 is 18.0 Å².